The summed E-state index contributed by atoms with van der Waals surface area (Å²) >= 11 is 0. The fourth-order valence-corrected chi connectivity index (χ4v) is 2.77. The van der Waals surface area contributed by atoms with Gasteiger partial charge in [-0.1, -0.05) is 6.92 Å². The maximum Gasteiger partial charge on any atom is 0.237 e. The zero-order valence-electron chi connectivity index (χ0n) is 10.5. The van der Waals surface area contributed by atoms with Crippen molar-refractivity contribution in [2.45, 2.75) is 43.9 Å². The van der Waals surface area contributed by atoms with E-state index in [1.807, 2.05) is 13.8 Å². The first-order valence-electron chi connectivity index (χ1n) is 5.99. The van der Waals surface area contributed by atoms with Crippen molar-refractivity contribution in [2.24, 2.45) is 5.73 Å². The van der Waals surface area contributed by atoms with Crippen molar-refractivity contribution in [1.29, 1.82) is 0 Å². The van der Waals surface area contributed by atoms with E-state index in [0.717, 1.165) is 0 Å². The molecule has 0 aliphatic heterocycles. The summed E-state index contributed by atoms with van der Waals surface area (Å²) in [6.07, 6.45) is 3.64. The molecule has 0 amide bonds. The molecule has 7 heteroatoms. The molecule has 1 saturated carbocycles. The number of nitrogens with zero attached hydrogens (tertiary/aromatic N) is 2. The van der Waals surface area contributed by atoms with Crippen LogP contribution in [-0.4, -0.2) is 23.6 Å². The van der Waals surface area contributed by atoms with Crippen molar-refractivity contribution >= 4 is 16.0 Å². The maximum atomic E-state index is 11.8. The predicted molar refractivity (Wildman–Crippen MR) is 69.4 cm³/mol. The zero-order valence-corrected chi connectivity index (χ0v) is 11.4. The van der Waals surface area contributed by atoms with E-state index in [1.165, 1.54) is 6.20 Å². The Morgan fingerprint density at radius 3 is 2.78 bits per heavy atom. The van der Waals surface area contributed by atoms with Crippen LogP contribution in [0.15, 0.2) is 12.3 Å². The molecule has 0 saturated heterocycles. The zero-order chi connectivity index (χ0) is 13.4. The topological polar surface area (TPSA) is 98.0 Å². The molecule has 1 aromatic heterocycles. The molecule has 1 aromatic rings. The highest BCUT2D eigenvalue weighted by Gasteiger charge is 2.36. The largest absolute Gasteiger partial charge is 0.320 e. The smallest absolute Gasteiger partial charge is 0.237 e. The first-order chi connectivity index (χ1) is 8.35. The van der Waals surface area contributed by atoms with Crippen LogP contribution in [0.5, 0.6) is 0 Å². The third-order valence-electron chi connectivity index (χ3n) is 3.17. The third-order valence-corrected chi connectivity index (χ3v) is 4.99. The van der Waals surface area contributed by atoms with Gasteiger partial charge in [0.05, 0.1) is 16.5 Å². The van der Waals surface area contributed by atoms with E-state index < -0.39 is 15.6 Å². The standard InChI is InChI=1S/C11H18N4O2S/c1-3-11(2,12)9-6-7-13-10(14-9)15-18(16,17)8-4-5-8/h6-8H,3-5,12H2,1-2H3,(H,13,14,15). The van der Waals surface area contributed by atoms with E-state index in [2.05, 4.69) is 14.7 Å². The second-order valence-corrected chi connectivity index (χ2v) is 6.84. The second-order valence-electron chi connectivity index (χ2n) is 4.88. The van der Waals surface area contributed by atoms with Crippen LogP contribution in [0.25, 0.3) is 0 Å². The van der Waals surface area contributed by atoms with Gasteiger partial charge in [0.1, 0.15) is 0 Å². The van der Waals surface area contributed by atoms with E-state index in [-0.39, 0.29) is 11.2 Å². The van der Waals surface area contributed by atoms with E-state index in [1.54, 1.807) is 6.07 Å². The highest BCUT2D eigenvalue weighted by atomic mass is 32.2. The Balaban J connectivity index is 2.22. The molecule has 1 atom stereocenters. The number of anilines is 1. The lowest BCUT2D eigenvalue weighted by molar-refractivity contribution is 0.461. The summed E-state index contributed by atoms with van der Waals surface area (Å²) < 4.78 is 26.0. The SMILES string of the molecule is CCC(C)(N)c1ccnc(NS(=O)(=O)C2CC2)n1. The van der Waals surface area contributed by atoms with Gasteiger partial charge < -0.3 is 5.73 Å². The molecular formula is C11H18N4O2S. The minimum atomic E-state index is -3.32. The van der Waals surface area contributed by atoms with Crippen LogP contribution < -0.4 is 10.5 Å². The van der Waals surface area contributed by atoms with Crippen molar-refractivity contribution in [2.75, 3.05) is 4.72 Å². The van der Waals surface area contributed by atoms with Crippen LogP contribution in [0, 0.1) is 0 Å². The van der Waals surface area contributed by atoms with Gasteiger partial charge in [0.2, 0.25) is 16.0 Å². The summed E-state index contributed by atoms with van der Waals surface area (Å²) in [6, 6.07) is 1.71. The van der Waals surface area contributed by atoms with Gasteiger partial charge in [0.25, 0.3) is 0 Å². The lowest BCUT2D eigenvalue weighted by Gasteiger charge is -2.22. The predicted octanol–water partition coefficient (Wildman–Crippen LogP) is 0.965. The van der Waals surface area contributed by atoms with Crippen LogP contribution in [0.1, 0.15) is 38.8 Å². The van der Waals surface area contributed by atoms with Crippen LogP contribution >= 0.6 is 0 Å². The molecule has 0 spiro atoms. The molecule has 0 bridgehead atoms. The average molecular weight is 270 g/mol. The molecule has 1 heterocycles. The highest BCUT2D eigenvalue weighted by molar-refractivity contribution is 7.93. The minimum absolute atomic E-state index is 0.101. The normalized spacial score (nSPS) is 19.3. The van der Waals surface area contributed by atoms with Crippen molar-refractivity contribution in [3.8, 4) is 0 Å². The summed E-state index contributed by atoms with van der Waals surface area (Å²) in [5, 5.41) is -0.291. The van der Waals surface area contributed by atoms with E-state index >= 15 is 0 Å². The number of rotatable bonds is 5. The number of hydrogen-bond acceptors (Lipinski definition) is 5. The van der Waals surface area contributed by atoms with Gasteiger partial charge in [0, 0.05) is 6.20 Å². The Morgan fingerprint density at radius 1 is 1.56 bits per heavy atom. The molecule has 0 radical (unpaired) electrons. The molecule has 100 valence electrons. The molecule has 1 unspecified atom stereocenters. The molecule has 2 rings (SSSR count). The van der Waals surface area contributed by atoms with Gasteiger partial charge in [0.15, 0.2) is 0 Å². The van der Waals surface area contributed by atoms with E-state index in [9.17, 15) is 8.42 Å². The fraction of sp³-hybridized carbons (Fsp3) is 0.636. The second kappa shape index (κ2) is 4.47. The van der Waals surface area contributed by atoms with Gasteiger partial charge in [-0.2, -0.15) is 0 Å². The van der Waals surface area contributed by atoms with Crippen molar-refractivity contribution < 1.29 is 8.42 Å². The quantitative estimate of drug-likeness (QED) is 0.830. The van der Waals surface area contributed by atoms with Gasteiger partial charge in [-0.3, -0.25) is 4.72 Å². The number of hydrogen-bond donors (Lipinski definition) is 2. The Labute approximate surface area is 107 Å². The number of aromatic nitrogens is 2. The summed E-state index contributed by atoms with van der Waals surface area (Å²) in [6.45, 7) is 3.81. The molecule has 1 aliphatic carbocycles. The summed E-state index contributed by atoms with van der Waals surface area (Å²) in [7, 11) is -3.32. The third kappa shape index (κ3) is 2.78. The van der Waals surface area contributed by atoms with Crippen LogP contribution in [0.3, 0.4) is 0 Å². The number of nitrogens with one attached hydrogen (secondary N) is 1. The van der Waals surface area contributed by atoms with E-state index in [4.69, 9.17) is 5.73 Å². The fourth-order valence-electron chi connectivity index (χ4n) is 1.50. The molecule has 6 nitrogen and oxygen atoms in total. The summed E-state index contributed by atoms with van der Waals surface area (Å²) in [4.78, 5) is 8.11. The number of sulfonamides is 1. The molecule has 1 fully saturated rings. The van der Waals surface area contributed by atoms with Crippen LogP contribution in [0.2, 0.25) is 0 Å². The Morgan fingerprint density at radius 2 is 2.22 bits per heavy atom. The monoisotopic (exact) mass is 270 g/mol. The Hall–Kier alpha value is -1.21. The van der Waals surface area contributed by atoms with Gasteiger partial charge in [-0.15, -0.1) is 0 Å². The van der Waals surface area contributed by atoms with Gasteiger partial charge in [-0.25, -0.2) is 18.4 Å². The maximum absolute atomic E-state index is 11.8. The molecule has 0 aromatic carbocycles. The summed E-state index contributed by atoms with van der Waals surface area (Å²) in [5.74, 6) is 0.101. The average Bonchev–Trinajstić information content (AvgIpc) is 3.13. The van der Waals surface area contributed by atoms with Crippen molar-refractivity contribution in [1.82, 2.24) is 9.97 Å². The molecule has 3 N–H and O–H groups in total. The summed E-state index contributed by atoms with van der Waals surface area (Å²) in [5.41, 5.74) is 6.13. The van der Waals surface area contributed by atoms with Crippen LogP contribution in [-0.2, 0) is 15.6 Å². The first kappa shape index (κ1) is 13.2. The highest BCUT2D eigenvalue weighted by Crippen LogP contribution is 2.29. The van der Waals surface area contributed by atoms with Gasteiger partial charge in [-0.05, 0) is 32.3 Å². The first-order valence-corrected chi connectivity index (χ1v) is 7.54. The number of nitrogens with two attached hydrogens (primary N) is 1. The van der Waals surface area contributed by atoms with Crippen LogP contribution in [0.4, 0.5) is 5.95 Å². The van der Waals surface area contributed by atoms with Gasteiger partial charge >= 0.3 is 0 Å². The molecule has 18 heavy (non-hydrogen) atoms. The lowest BCUT2D eigenvalue weighted by Crippen LogP contribution is -2.33. The Bertz CT molecular complexity index is 538. The van der Waals surface area contributed by atoms with Crippen molar-refractivity contribution in [3.63, 3.8) is 0 Å². The minimum Gasteiger partial charge on any atom is -0.320 e. The Kier molecular flexibility index (Phi) is 3.29. The lowest BCUT2D eigenvalue weighted by atomic mass is 9.96. The molecule has 1 aliphatic rings. The van der Waals surface area contributed by atoms with E-state index in [0.29, 0.717) is 25.0 Å². The molecular weight excluding hydrogens is 252 g/mol. The van der Waals surface area contributed by atoms with Crippen molar-refractivity contribution in [3.05, 3.63) is 18.0 Å².